The van der Waals surface area contributed by atoms with Gasteiger partial charge in [-0.2, -0.15) is 13.2 Å². The van der Waals surface area contributed by atoms with E-state index in [9.17, 15) is 22.8 Å². The van der Waals surface area contributed by atoms with Crippen LogP contribution in [0, 0.1) is 13.8 Å². The van der Waals surface area contributed by atoms with Gasteiger partial charge in [0, 0.05) is 31.3 Å². The summed E-state index contributed by atoms with van der Waals surface area (Å²) in [6.07, 6.45) is -4.54. The van der Waals surface area contributed by atoms with Crippen molar-refractivity contribution in [3.63, 3.8) is 0 Å². The van der Waals surface area contributed by atoms with Crippen molar-refractivity contribution in [1.29, 1.82) is 0 Å². The predicted octanol–water partition coefficient (Wildman–Crippen LogP) is 4.70. The van der Waals surface area contributed by atoms with Crippen LogP contribution in [0.1, 0.15) is 30.0 Å². The van der Waals surface area contributed by atoms with Crippen LogP contribution in [0.15, 0.2) is 42.5 Å². The summed E-state index contributed by atoms with van der Waals surface area (Å²) in [6, 6.07) is 10.1. The van der Waals surface area contributed by atoms with E-state index < -0.39 is 17.6 Å². The Morgan fingerprint density at radius 2 is 1.67 bits per heavy atom. The molecule has 7 heteroatoms. The predicted molar refractivity (Wildman–Crippen MR) is 98.6 cm³/mol. The van der Waals surface area contributed by atoms with Crippen LogP contribution in [0.2, 0.25) is 0 Å². The first-order chi connectivity index (χ1) is 12.6. The molecule has 0 aliphatic carbocycles. The van der Waals surface area contributed by atoms with E-state index in [4.69, 9.17) is 0 Å². The minimum Gasteiger partial charge on any atom is -0.326 e. The molecule has 0 fully saturated rings. The molecule has 27 heavy (non-hydrogen) atoms. The third-order valence-electron chi connectivity index (χ3n) is 3.93. The van der Waals surface area contributed by atoms with Crippen molar-refractivity contribution in [2.45, 2.75) is 33.4 Å². The second-order valence-corrected chi connectivity index (χ2v) is 6.39. The molecule has 2 aromatic carbocycles. The zero-order valence-corrected chi connectivity index (χ0v) is 15.4. The third-order valence-corrected chi connectivity index (χ3v) is 3.93. The van der Waals surface area contributed by atoms with Gasteiger partial charge in [0.25, 0.3) is 0 Å². The van der Waals surface area contributed by atoms with Crippen molar-refractivity contribution in [2.75, 3.05) is 16.8 Å². The summed E-state index contributed by atoms with van der Waals surface area (Å²) in [5.74, 6) is -0.758. The Bertz CT molecular complexity index is 827. The van der Waals surface area contributed by atoms with Crippen LogP contribution in [0.3, 0.4) is 0 Å². The summed E-state index contributed by atoms with van der Waals surface area (Å²) in [7, 11) is 0. The molecule has 0 saturated carbocycles. The first-order valence-electron chi connectivity index (χ1n) is 8.40. The Morgan fingerprint density at radius 1 is 1.04 bits per heavy atom. The number of nitrogens with zero attached hydrogens (tertiary/aromatic N) is 1. The molecule has 0 aliphatic heterocycles. The highest BCUT2D eigenvalue weighted by molar-refractivity contribution is 5.95. The number of carbonyl (C=O) groups is 2. The van der Waals surface area contributed by atoms with Gasteiger partial charge in [-0.1, -0.05) is 12.1 Å². The Labute approximate surface area is 156 Å². The van der Waals surface area contributed by atoms with E-state index in [1.807, 2.05) is 32.0 Å². The first-order valence-corrected chi connectivity index (χ1v) is 8.40. The average Bonchev–Trinajstić information content (AvgIpc) is 2.53. The van der Waals surface area contributed by atoms with E-state index in [1.165, 1.54) is 19.1 Å². The highest BCUT2D eigenvalue weighted by atomic mass is 19.4. The van der Waals surface area contributed by atoms with E-state index in [-0.39, 0.29) is 24.6 Å². The first kappa shape index (κ1) is 20.5. The van der Waals surface area contributed by atoms with Crippen LogP contribution in [-0.2, 0) is 15.8 Å². The molecule has 1 N–H and O–H groups in total. The largest absolute Gasteiger partial charge is 0.416 e. The van der Waals surface area contributed by atoms with E-state index >= 15 is 0 Å². The van der Waals surface area contributed by atoms with E-state index in [1.54, 1.807) is 0 Å². The van der Waals surface area contributed by atoms with Crippen LogP contribution in [-0.4, -0.2) is 18.4 Å². The lowest BCUT2D eigenvalue weighted by Gasteiger charge is -2.22. The summed E-state index contributed by atoms with van der Waals surface area (Å²) >= 11 is 0. The Morgan fingerprint density at radius 3 is 2.22 bits per heavy atom. The maximum Gasteiger partial charge on any atom is 0.416 e. The maximum absolute atomic E-state index is 12.9. The fourth-order valence-electron chi connectivity index (χ4n) is 2.80. The Balaban J connectivity index is 2.08. The number of carbonyl (C=O) groups excluding carboxylic acids is 2. The highest BCUT2D eigenvalue weighted by Gasteiger charge is 2.31. The molecular weight excluding hydrogens is 357 g/mol. The zero-order chi connectivity index (χ0) is 20.2. The summed E-state index contributed by atoms with van der Waals surface area (Å²) in [5.41, 5.74) is 1.91. The Hall–Kier alpha value is -2.83. The number of aryl methyl sites for hydroxylation is 2. The van der Waals surface area contributed by atoms with Crippen molar-refractivity contribution < 1.29 is 22.8 Å². The van der Waals surface area contributed by atoms with E-state index in [0.29, 0.717) is 5.69 Å². The number of anilines is 2. The SMILES string of the molecule is CC(=O)N(CCC(=O)Nc1cc(C)cc(C)c1)c1cccc(C(F)(F)F)c1. The maximum atomic E-state index is 12.9. The number of hydrogen-bond donors (Lipinski definition) is 1. The highest BCUT2D eigenvalue weighted by Crippen LogP contribution is 2.31. The van der Waals surface area contributed by atoms with Crippen LogP contribution >= 0.6 is 0 Å². The molecule has 0 unspecified atom stereocenters. The Kier molecular flexibility index (Phi) is 6.25. The summed E-state index contributed by atoms with van der Waals surface area (Å²) < 4.78 is 38.7. The second kappa shape index (κ2) is 8.24. The van der Waals surface area contributed by atoms with Gasteiger partial charge < -0.3 is 10.2 Å². The molecule has 0 heterocycles. The summed E-state index contributed by atoms with van der Waals surface area (Å²) in [5, 5.41) is 2.75. The van der Waals surface area contributed by atoms with E-state index in [0.717, 1.165) is 28.2 Å². The molecule has 0 spiro atoms. The molecule has 0 aliphatic rings. The normalized spacial score (nSPS) is 11.2. The number of benzene rings is 2. The summed E-state index contributed by atoms with van der Waals surface area (Å²) in [6.45, 7) is 5.05. The molecular formula is C20H21F3N2O2. The minimum atomic E-state index is -4.50. The number of alkyl halides is 3. The summed E-state index contributed by atoms with van der Waals surface area (Å²) in [4.78, 5) is 25.2. The number of halogens is 3. The van der Waals surface area contributed by atoms with Crippen molar-refractivity contribution >= 4 is 23.2 Å². The van der Waals surface area contributed by atoms with Gasteiger partial charge in [-0.05, 0) is 55.3 Å². The number of hydrogen-bond acceptors (Lipinski definition) is 2. The van der Waals surface area contributed by atoms with E-state index in [2.05, 4.69) is 5.32 Å². The fraction of sp³-hybridized carbons (Fsp3) is 0.300. The lowest BCUT2D eigenvalue weighted by molar-refractivity contribution is -0.137. The van der Waals surface area contributed by atoms with Crippen molar-refractivity contribution in [3.05, 3.63) is 59.2 Å². The van der Waals surface area contributed by atoms with Crippen molar-refractivity contribution in [3.8, 4) is 0 Å². The lowest BCUT2D eigenvalue weighted by atomic mass is 10.1. The quantitative estimate of drug-likeness (QED) is 0.820. The average molecular weight is 378 g/mol. The minimum absolute atomic E-state index is 0.0206. The molecule has 2 amide bonds. The van der Waals surface area contributed by atoms with Gasteiger partial charge in [-0.3, -0.25) is 9.59 Å². The number of nitrogens with one attached hydrogen (secondary N) is 1. The number of rotatable bonds is 5. The molecule has 0 saturated heterocycles. The molecule has 0 radical (unpaired) electrons. The zero-order valence-electron chi connectivity index (χ0n) is 15.4. The molecule has 2 aromatic rings. The molecule has 2 rings (SSSR count). The molecule has 0 bridgehead atoms. The van der Waals surface area contributed by atoms with Gasteiger partial charge in [-0.15, -0.1) is 0 Å². The van der Waals surface area contributed by atoms with Gasteiger partial charge in [-0.25, -0.2) is 0 Å². The second-order valence-electron chi connectivity index (χ2n) is 6.39. The standard InChI is InChI=1S/C20H21F3N2O2/c1-13-9-14(2)11-17(10-13)24-19(27)7-8-25(15(3)26)18-6-4-5-16(12-18)20(21,22)23/h4-6,9-12H,7-8H2,1-3H3,(H,24,27). The van der Waals surface area contributed by atoms with Crippen LogP contribution < -0.4 is 10.2 Å². The molecule has 4 nitrogen and oxygen atoms in total. The van der Waals surface area contributed by atoms with Gasteiger partial charge in [0.2, 0.25) is 11.8 Å². The smallest absolute Gasteiger partial charge is 0.326 e. The van der Waals surface area contributed by atoms with Crippen LogP contribution in [0.5, 0.6) is 0 Å². The van der Waals surface area contributed by atoms with Crippen LogP contribution in [0.25, 0.3) is 0 Å². The fourth-order valence-corrected chi connectivity index (χ4v) is 2.80. The van der Waals surface area contributed by atoms with Crippen molar-refractivity contribution in [2.24, 2.45) is 0 Å². The molecule has 0 atom stereocenters. The molecule has 144 valence electrons. The number of amides is 2. The molecule has 0 aromatic heterocycles. The van der Waals surface area contributed by atoms with Gasteiger partial charge in [0.15, 0.2) is 0 Å². The lowest BCUT2D eigenvalue weighted by Crippen LogP contribution is -2.32. The topological polar surface area (TPSA) is 49.4 Å². The van der Waals surface area contributed by atoms with Gasteiger partial charge in [0.05, 0.1) is 5.56 Å². The van der Waals surface area contributed by atoms with Crippen LogP contribution in [0.4, 0.5) is 24.5 Å². The van der Waals surface area contributed by atoms with Gasteiger partial charge in [0.1, 0.15) is 0 Å². The monoisotopic (exact) mass is 378 g/mol. The third kappa shape index (κ3) is 5.84. The van der Waals surface area contributed by atoms with Gasteiger partial charge >= 0.3 is 6.18 Å². The van der Waals surface area contributed by atoms with Crippen molar-refractivity contribution in [1.82, 2.24) is 0 Å².